The van der Waals surface area contributed by atoms with E-state index in [0.29, 0.717) is 13.2 Å². The minimum absolute atomic E-state index is 0.0273. The zero-order valence-electron chi connectivity index (χ0n) is 13.5. The van der Waals surface area contributed by atoms with Crippen LogP contribution in [0.15, 0.2) is 36.7 Å². The van der Waals surface area contributed by atoms with Crippen molar-refractivity contribution in [3.63, 3.8) is 0 Å². The van der Waals surface area contributed by atoms with Crippen molar-refractivity contribution in [1.29, 1.82) is 0 Å². The van der Waals surface area contributed by atoms with Crippen LogP contribution in [0.5, 0.6) is 0 Å². The van der Waals surface area contributed by atoms with Gasteiger partial charge < -0.3 is 9.30 Å². The molecule has 0 radical (unpaired) electrons. The van der Waals surface area contributed by atoms with Crippen LogP contribution >= 0.6 is 11.8 Å². The van der Waals surface area contributed by atoms with E-state index >= 15 is 0 Å². The average Bonchev–Trinajstić information content (AvgIpc) is 2.94. The van der Waals surface area contributed by atoms with E-state index in [-0.39, 0.29) is 16.9 Å². The molecule has 0 saturated carbocycles. The molecule has 1 saturated heterocycles. The molecule has 0 spiro atoms. The molecule has 2 aromatic rings. The quantitative estimate of drug-likeness (QED) is 0.799. The Bertz CT molecular complexity index is 803. The molecule has 1 aromatic heterocycles. The smallest absolute Gasteiger partial charge is 0.242 e. The van der Waals surface area contributed by atoms with E-state index in [2.05, 4.69) is 16.8 Å². The maximum Gasteiger partial charge on any atom is 0.242 e. The number of imidazole rings is 1. The number of benzene rings is 1. The van der Waals surface area contributed by atoms with Gasteiger partial charge in [0.2, 0.25) is 11.1 Å². The second kappa shape index (κ2) is 6.80. The zero-order chi connectivity index (χ0) is 17.2. The zero-order valence-corrected chi connectivity index (χ0v) is 14.3. The molecular weight excluding hydrogens is 327 g/mol. The first-order valence-electron chi connectivity index (χ1n) is 7.58. The third-order valence-electron chi connectivity index (χ3n) is 3.95. The molecule has 3 rings (SSSR count). The van der Waals surface area contributed by atoms with Gasteiger partial charge in [0.05, 0.1) is 25.6 Å². The molecule has 0 aliphatic carbocycles. The Kier molecular flexibility index (Phi) is 4.74. The molecule has 1 fully saturated rings. The lowest BCUT2D eigenvalue weighted by Gasteiger charge is -2.35. The Morgan fingerprint density at radius 3 is 2.71 bits per heavy atom. The van der Waals surface area contributed by atoms with Crippen molar-refractivity contribution in [3.8, 4) is 11.8 Å². The predicted octanol–water partition coefficient (Wildman–Crippen LogP) is 3.30. The van der Waals surface area contributed by atoms with E-state index in [9.17, 15) is 9.18 Å². The number of ether oxygens (including phenoxy) is 1. The summed E-state index contributed by atoms with van der Waals surface area (Å²) < 4.78 is 20.4. The second-order valence-electron chi connectivity index (χ2n) is 5.63. The minimum atomic E-state index is -0.755. The van der Waals surface area contributed by atoms with Crippen LogP contribution in [0.25, 0.3) is 0 Å². The number of nitrogens with zero attached hydrogens (tertiary/aromatic N) is 2. The maximum absolute atomic E-state index is 14.2. The van der Waals surface area contributed by atoms with Gasteiger partial charge in [-0.05, 0) is 19.4 Å². The van der Waals surface area contributed by atoms with E-state index in [0.717, 1.165) is 17.3 Å². The lowest BCUT2D eigenvalue weighted by atomic mass is 10.1. The molecule has 6 heteroatoms. The number of carbonyl (C=O) groups excluding carboxylic acids is 1. The van der Waals surface area contributed by atoms with Crippen molar-refractivity contribution in [2.75, 3.05) is 13.2 Å². The summed E-state index contributed by atoms with van der Waals surface area (Å²) in [5.74, 6) is 5.07. The largest absolute Gasteiger partial charge is 0.376 e. The number of aromatic nitrogens is 2. The van der Waals surface area contributed by atoms with Gasteiger partial charge in [-0.1, -0.05) is 48.0 Å². The van der Waals surface area contributed by atoms with Crippen molar-refractivity contribution in [1.82, 2.24) is 9.55 Å². The molecule has 2 heterocycles. The van der Waals surface area contributed by atoms with Crippen LogP contribution in [0, 0.1) is 17.8 Å². The molecule has 4 nitrogen and oxygen atoms in total. The van der Waals surface area contributed by atoms with Crippen LogP contribution in [0.2, 0.25) is 0 Å². The summed E-state index contributed by atoms with van der Waals surface area (Å²) in [5, 5.41) is -0.376. The summed E-state index contributed by atoms with van der Waals surface area (Å²) in [6.07, 6.45) is 1.37. The van der Waals surface area contributed by atoms with Crippen LogP contribution in [-0.2, 0) is 4.74 Å². The van der Waals surface area contributed by atoms with Crippen molar-refractivity contribution >= 4 is 16.9 Å². The molecule has 24 heavy (non-hydrogen) atoms. The number of hydrogen-bond acceptors (Lipinski definition) is 4. The summed E-state index contributed by atoms with van der Waals surface area (Å²) in [4.78, 5) is 16.4. The van der Waals surface area contributed by atoms with Gasteiger partial charge in [-0.15, -0.1) is 5.92 Å². The second-order valence-corrected chi connectivity index (χ2v) is 6.99. The van der Waals surface area contributed by atoms with Crippen LogP contribution < -0.4 is 0 Å². The van der Waals surface area contributed by atoms with Crippen LogP contribution in [0.4, 0.5) is 4.39 Å². The molecule has 0 unspecified atom stereocenters. The van der Waals surface area contributed by atoms with Gasteiger partial charge in [-0.25, -0.2) is 4.98 Å². The predicted molar refractivity (Wildman–Crippen MR) is 91.4 cm³/mol. The minimum Gasteiger partial charge on any atom is -0.376 e. The Balaban J connectivity index is 1.89. The van der Waals surface area contributed by atoms with Gasteiger partial charge in [0.25, 0.3) is 0 Å². The Morgan fingerprint density at radius 2 is 2.12 bits per heavy atom. The lowest BCUT2D eigenvalue weighted by Crippen LogP contribution is -2.46. The van der Waals surface area contributed by atoms with E-state index in [1.54, 1.807) is 11.5 Å². The van der Waals surface area contributed by atoms with Gasteiger partial charge in [0.1, 0.15) is 4.75 Å². The van der Waals surface area contributed by atoms with Crippen LogP contribution in [-0.4, -0.2) is 32.6 Å². The molecule has 0 N–H and O–H groups in total. The van der Waals surface area contributed by atoms with E-state index in [1.165, 1.54) is 6.33 Å². The van der Waals surface area contributed by atoms with Gasteiger partial charge in [0.15, 0.2) is 5.69 Å². The molecule has 1 aliphatic heterocycles. The van der Waals surface area contributed by atoms with E-state index < -0.39 is 10.7 Å². The highest BCUT2D eigenvalue weighted by Crippen LogP contribution is 2.36. The summed E-state index contributed by atoms with van der Waals surface area (Å²) in [6.45, 7) is 4.36. The first kappa shape index (κ1) is 16.7. The summed E-state index contributed by atoms with van der Waals surface area (Å²) in [5.41, 5.74) is 0.949. The van der Waals surface area contributed by atoms with Crippen molar-refractivity contribution in [2.45, 2.75) is 24.6 Å². The molecule has 0 amide bonds. The molecular formula is C18H17FN2O2S. The molecule has 1 aliphatic rings. The molecule has 124 valence electrons. The normalized spacial score (nSPS) is 16.6. The SMILES string of the molecule is CC#CC1(SC(=O)c2c(F)ncn2[C@H](C)c2ccccc2)COC1. The van der Waals surface area contributed by atoms with Crippen LogP contribution in [0.3, 0.4) is 0 Å². The number of hydrogen-bond donors (Lipinski definition) is 0. The van der Waals surface area contributed by atoms with Gasteiger partial charge >= 0.3 is 0 Å². The van der Waals surface area contributed by atoms with Crippen LogP contribution in [0.1, 0.15) is 35.9 Å². The van der Waals surface area contributed by atoms with Crippen molar-refractivity contribution < 1.29 is 13.9 Å². The molecule has 1 aromatic carbocycles. The van der Waals surface area contributed by atoms with Gasteiger partial charge in [-0.3, -0.25) is 4.79 Å². The van der Waals surface area contributed by atoms with E-state index in [1.807, 2.05) is 37.3 Å². The Labute approximate surface area is 144 Å². The summed E-state index contributed by atoms with van der Waals surface area (Å²) in [7, 11) is 0. The lowest BCUT2D eigenvalue weighted by molar-refractivity contribution is 0.0169. The number of halogens is 1. The Hall–Kier alpha value is -2.10. The fourth-order valence-corrected chi connectivity index (χ4v) is 3.69. The maximum atomic E-state index is 14.2. The number of rotatable bonds is 4. The third kappa shape index (κ3) is 3.10. The first-order valence-corrected chi connectivity index (χ1v) is 8.40. The Morgan fingerprint density at radius 1 is 1.42 bits per heavy atom. The summed E-state index contributed by atoms with van der Waals surface area (Å²) >= 11 is 1.02. The highest BCUT2D eigenvalue weighted by atomic mass is 32.2. The fourth-order valence-electron chi connectivity index (χ4n) is 2.61. The average molecular weight is 344 g/mol. The number of thioether (sulfide) groups is 1. The van der Waals surface area contributed by atoms with E-state index in [4.69, 9.17) is 4.74 Å². The third-order valence-corrected chi connectivity index (χ3v) is 5.06. The monoisotopic (exact) mass is 344 g/mol. The molecule has 1 atom stereocenters. The highest BCUT2D eigenvalue weighted by molar-refractivity contribution is 8.15. The van der Waals surface area contributed by atoms with Gasteiger partial charge in [0, 0.05) is 0 Å². The van der Waals surface area contributed by atoms with Gasteiger partial charge in [-0.2, -0.15) is 4.39 Å². The van der Waals surface area contributed by atoms with Crippen molar-refractivity contribution in [3.05, 3.63) is 53.9 Å². The highest BCUT2D eigenvalue weighted by Gasteiger charge is 2.41. The summed E-state index contributed by atoms with van der Waals surface area (Å²) in [6, 6.07) is 9.41. The fraction of sp³-hybridized carbons (Fsp3) is 0.333. The van der Waals surface area contributed by atoms with Crippen molar-refractivity contribution in [2.24, 2.45) is 0 Å². The first-order chi connectivity index (χ1) is 11.6. The number of carbonyl (C=O) groups is 1. The standard InChI is InChI=1S/C18H17FN2O2S/c1-3-9-18(10-23-11-18)24-17(22)15-16(19)20-12-21(15)13(2)14-7-5-4-6-8-14/h4-8,12-13H,10-11H2,1-2H3/t13-/m1/s1. The molecule has 0 bridgehead atoms. The topological polar surface area (TPSA) is 44.1 Å².